The lowest BCUT2D eigenvalue weighted by Gasteiger charge is -2.07. The SMILES string of the molecule is CCc1ccc(NC(=O)COC(=O)c2ccc([N+](=O)[O-])cc2)cc1. The maximum absolute atomic E-state index is 11.8. The van der Waals surface area contributed by atoms with Crippen molar-refractivity contribution in [2.45, 2.75) is 13.3 Å². The van der Waals surface area contributed by atoms with Crippen molar-refractivity contribution in [2.24, 2.45) is 0 Å². The predicted molar refractivity (Wildman–Crippen MR) is 87.8 cm³/mol. The molecule has 0 aromatic heterocycles. The maximum Gasteiger partial charge on any atom is 0.338 e. The Kier molecular flexibility index (Phi) is 5.62. The highest BCUT2D eigenvalue weighted by atomic mass is 16.6. The van der Waals surface area contributed by atoms with Crippen LogP contribution < -0.4 is 5.32 Å². The van der Waals surface area contributed by atoms with Crippen LogP contribution in [0.3, 0.4) is 0 Å². The Morgan fingerprint density at radius 1 is 1.08 bits per heavy atom. The van der Waals surface area contributed by atoms with Crippen molar-refractivity contribution in [3.63, 3.8) is 0 Å². The van der Waals surface area contributed by atoms with Crippen LogP contribution in [0.1, 0.15) is 22.8 Å². The summed E-state index contributed by atoms with van der Waals surface area (Å²) in [7, 11) is 0. The third kappa shape index (κ3) is 4.64. The number of carbonyl (C=O) groups excluding carboxylic acids is 2. The fraction of sp³-hybridized carbons (Fsp3) is 0.176. The van der Waals surface area contributed by atoms with Crippen LogP contribution in [0, 0.1) is 10.1 Å². The van der Waals surface area contributed by atoms with Gasteiger partial charge in [-0.2, -0.15) is 0 Å². The van der Waals surface area contributed by atoms with Gasteiger partial charge in [0.25, 0.3) is 11.6 Å². The minimum atomic E-state index is -0.721. The van der Waals surface area contributed by atoms with E-state index in [1.807, 2.05) is 19.1 Å². The molecule has 0 unspecified atom stereocenters. The molecular weight excluding hydrogens is 312 g/mol. The number of anilines is 1. The topological polar surface area (TPSA) is 98.5 Å². The zero-order chi connectivity index (χ0) is 17.5. The molecule has 0 aliphatic rings. The van der Waals surface area contributed by atoms with Gasteiger partial charge < -0.3 is 10.1 Å². The van der Waals surface area contributed by atoms with Crippen LogP contribution in [-0.2, 0) is 16.0 Å². The van der Waals surface area contributed by atoms with Gasteiger partial charge in [0.05, 0.1) is 10.5 Å². The van der Waals surface area contributed by atoms with Crippen LogP contribution in [0.15, 0.2) is 48.5 Å². The zero-order valence-corrected chi connectivity index (χ0v) is 13.0. The Morgan fingerprint density at radius 3 is 2.25 bits per heavy atom. The summed E-state index contributed by atoms with van der Waals surface area (Å²) in [5.74, 6) is -1.18. The number of nitrogens with zero attached hydrogens (tertiary/aromatic N) is 1. The van der Waals surface area contributed by atoms with E-state index in [-0.39, 0.29) is 11.3 Å². The Bertz CT molecular complexity index is 739. The van der Waals surface area contributed by atoms with Gasteiger partial charge in [-0.3, -0.25) is 14.9 Å². The summed E-state index contributed by atoms with van der Waals surface area (Å²) in [4.78, 5) is 33.5. The summed E-state index contributed by atoms with van der Waals surface area (Å²) in [6.45, 7) is 1.59. The van der Waals surface area contributed by atoms with Gasteiger partial charge in [0, 0.05) is 17.8 Å². The second kappa shape index (κ2) is 7.87. The van der Waals surface area contributed by atoms with Crippen molar-refractivity contribution in [3.05, 3.63) is 69.8 Å². The first-order valence-electron chi connectivity index (χ1n) is 7.30. The number of non-ortho nitro benzene ring substituents is 1. The average molecular weight is 328 g/mol. The number of nitrogens with one attached hydrogen (secondary N) is 1. The summed E-state index contributed by atoms with van der Waals surface area (Å²) in [5.41, 5.74) is 1.78. The number of aryl methyl sites for hydroxylation is 1. The van der Waals surface area contributed by atoms with E-state index in [0.29, 0.717) is 5.69 Å². The van der Waals surface area contributed by atoms with E-state index in [4.69, 9.17) is 4.74 Å². The number of rotatable bonds is 6. The number of ether oxygens (including phenoxy) is 1. The number of amides is 1. The van der Waals surface area contributed by atoms with Gasteiger partial charge in [0.1, 0.15) is 0 Å². The molecule has 0 spiro atoms. The molecule has 0 heterocycles. The largest absolute Gasteiger partial charge is 0.452 e. The van der Waals surface area contributed by atoms with E-state index in [1.54, 1.807) is 12.1 Å². The molecule has 1 amide bonds. The highest BCUT2D eigenvalue weighted by molar-refractivity contribution is 5.95. The summed E-state index contributed by atoms with van der Waals surface area (Å²) in [6.07, 6.45) is 0.904. The molecule has 7 heteroatoms. The van der Waals surface area contributed by atoms with E-state index in [2.05, 4.69) is 5.32 Å². The van der Waals surface area contributed by atoms with E-state index < -0.39 is 23.4 Å². The van der Waals surface area contributed by atoms with Gasteiger partial charge in [-0.25, -0.2) is 4.79 Å². The fourth-order valence-electron chi connectivity index (χ4n) is 1.95. The number of hydrogen-bond donors (Lipinski definition) is 1. The van der Waals surface area contributed by atoms with E-state index in [0.717, 1.165) is 12.0 Å². The third-order valence-electron chi connectivity index (χ3n) is 3.29. The number of hydrogen-bond acceptors (Lipinski definition) is 5. The Hall–Kier alpha value is -3.22. The normalized spacial score (nSPS) is 10.0. The number of esters is 1. The molecule has 0 aliphatic carbocycles. The number of benzene rings is 2. The average Bonchev–Trinajstić information content (AvgIpc) is 2.60. The number of nitro benzene ring substituents is 1. The molecule has 2 aromatic carbocycles. The Balaban J connectivity index is 1.86. The molecule has 0 saturated heterocycles. The molecule has 7 nitrogen and oxygen atoms in total. The number of carbonyl (C=O) groups is 2. The van der Waals surface area contributed by atoms with Gasteiger partial charge in [0.2, 0.25) is 0 Å². The second-order valence-corrected chi connectivity index (χ2v) is 4.98. The van der Waals surface area contributed by atoms with Crippen LogP contribution in [0.5, 0.6) is 0 Å². The summed E-state index contributed by atoms with van der Waals surface area (Å²) in [5, 5.41) is 13.2. The molecule has 2 rings (SSSR count). The fourth-order valence-corrected chi connectivity index (χ4v) is 1.95. The quantitative estimate of drug-likeness (QED) is 0.499. The Labute approximate surface area is 138 Å². The molecule has 0 atom stereocenters. The van der Waals surface area contributed by atoms with Crippen molar-refractivity contribution < 1.29 is 19.2 Å². The van der Waals surface area contributed by atoms with Crippen LogP contribution in [0.4, 0.5) is 11.4 Å². The minimum Gasteiger partial charge on any atom is -0.452 e. The standard InChI is InChI=1S/C17H16N2O5/c1-2-12-3-7-14(8-4-12)18-16(20)11-24-17(21)13-5-9-15(10-6-13)19(22)23/h3-10H,2,11H2,1H3,(H,18,20). The van der Waals surface area contributed by atoms with Gasteiger partial charge in [-0.1, -0.05) is 19.1 Å². The molecule has 0 saturated carbocycles. The summed E-state index contributed by atoms with van der Waals surface area (Å²) in [6, 6.07) is 12.3. The van der Waals surface area contributed by atoms with Crippen molar-refractivity contribution in [2.75, 3.05) is 11.9 Å². The second-order valence-electron chi connectivity index (χ2n) is 4.98. The first kappa shape index (κ1) is 17.1. The number of nitro groups is 1. The highest BCUT2D eigenvalue weighted by Gasteiger charge is 2.12. The first-order chi connectivity index (χ1) is 11.5. The lowest BCUT2D eigenvalue weighted by Crippen LogP contribution is -2.20. The van der Waals surface area contributed by atoms with Gasteiger partial charge in [0.15, 0.2) is 6.61 Å². The molecule has 2 aromatic rings. The molecule has 0 bridgehead atoms. The van der Waals surface area contributed by atoms with Crippen LogP contribution in [0.2, 0.25) is 0 Å². The molecule has 124 valence electrons. The molecule has 0 radical (unpaired) electrons. The van der Waals surface area contributed by atoms with Crippen LogP contribution in [-0.4, -0.2) is 23.4 Å². The smallest absolute Gasteiger partial charge is 0.338 e. The summed E-state index contributed by atoms with van der Waals surface area (Å²) >= 11 is 0. The van der Waals surface area contributed by atoms with Gasteiger partial charge in [-0.05, 0) is 36.2 Å². The molecular formula is C17H16N2O5. The van der Waals surface area contributed by atoms with Crippen LogP contribution in [0.25, 0.3) is 0 Å². The predicted octanol–water partition coefficient (Wildman–Crippen LogP) is 2.95. The van der Waals surface area contributed by atoms with E-state index >= 15 is 0 Å². The first-order valence-corrected chi connectivity index (χ1v) is 7.30. The zero-order valence-electron chi connectivity index (χ0n) is 13.0. The lowest BCUT2D eigenvalue weighted by molar-refractivity contribution is -0.384. The molecule has 1 N–H and O–H groups in total. The van der Waals surface area contributed by atoms with Crippen molar-refractivity contribution in [1.82, 2.24) is 0 Å². The van der Waals surface area contributed by atoms with Crippen molar-refractivity contribution >= 4 is 23.3 Å². The van der Waals surface area contributed by atoms with Gasteiger partial charge >= 0.3 is 5.97 Å². The van der Waals surface area contributed by atoms with Crippen molar-refractivity contribution in [1.29, 1.82) is 0 Å². The molecule has 0 aliphatic heterocycles. The van der Waals surface area contributed by atoms with Crippen LogP contribution >= 0.6 is 0 Å². The maximum atomic E-state index is 11.8. The molecule has 0 fully saturated rings. The lowest BCUT2D eigenvalue weighted by atomic mass is 10.1. The van der Waals surface area contributed by atoms with E-state index in [9.17, 15) is 19.7 Å². The Morgan fingerprint density at radius 2 is 1.71 bits per heavy atom. The molecule has 24 heavy (non-hydrogen) atoms. The third-order valence-corrected chi connectivity index (χ3v) is 3.29. The van der Waals surface area contributed by atoms with Crippen molar-refractivity contribution in [3.8, 4) is 0 Å². The highest BCUT2D eigenvalue weighted by Crippen LogP contribution is 2.13. The van der Waals surface area contributed by atoms with Gasteiger partial charge in [-0.15, -0.1) is 0 Å². The summed E-state index contributed by atoms with van der Waals surface area (Å²) < 4.78 is 4.89. The monoisotopic (exact) mass is 328 g/mol. The minimum absolute atomic E-state index is 0.125. The van der Waals surface area contributed by atoms with E-state index in [1.165, 1.54) is 24.3 Å².